The van der Waals surface area contributed by atoms with Crippen LogP contribution in [-0.4, -0.2) is 30.0 Å². The van der Waals surface area contributed by atoms with Crippen molar-refractivity contribution in [3.05, 3.63) is 23.9 Å². The molecule has 1 fully saturated rings. The van der Waals surface area contributed by atoms with Gasteiger partial charge in [-0.2, -0.15) is 0 Å². The molecule has 4 N–H and O–H groups in total. The molecule has 1 aliphatic heterocycles. The Balaban J connectivity index is 2.01. The molecule has 1 aliphatic rings. The third-order valence-electron chi connectivity index (χ3n) is 2.94. The van der Waals surface area contributed by atoms with Crippen molar-refractivity contribution in [2.75, 3.05) is 18.4 Å². The summed E-state index contributed by atoms with van der Waals surface area (Å²) in [6, 6.07) is 3.69. The highest BCUT2D eigenvalue weighted by atomic mass is 16.1. The summed E-state index contributed by atoms with van der Waals surface area (Å²) in [6.07, 6.45) is 5.15. The van der Waals surface area contributed by atoms with Gasteiger partial charge in [0.15, 0.2) is 0 Å². The Bertz CT molecular complexity index is 386. The number of nitrogens with two attached hydrogens (primary N) is 1. The molecular weight excluding hydrogens is 216 g/mol. The third-order valence-corrected chi connectivity index (χ3v) is 2.94. The molecule has 2 rings (SSSR count). The summed E-state index contributed by atoms with van der Waals surface area (Å²) in [5.41, 5.74) is 5.72. The topological polar surface area (TPSA) is 80.0 Å². The largest absolute Gasteiger partial charge is 0.366 e. The zero-order valence-corrected chi connectivity index (χ0v) is 9.78. The lowest BCUT2D eigenvalue weighted by atomic mass is 10.1. The molecule has 1 aromatic rings. The van der Waals surface area contributed by atoms with Crippen molar-refractivity contribution in [2.24, 2.45) is 5.73 Å². The second-order valence-electron chi connectivity index (χ2n) is 4.34. The number of aromatic nitrogens is 1. The molecule has 1 aromatic heterocycles. The maximum atomic E-state index is 11.1. The first-order chi connectivity index (χ1) is 8.25. The first-order valence-electron chi connectivity index (χ1n) is 5.99. The van der Waals surface area contributed by atoms with Crippen LogP contribution in [-0.2, 0) is 0 Å². The molecule has 0 saturated carbocycles. The minimum absolute atomic E-state index is 0.369. The van der Waals surface area contributed by atoms with E-state index < -0.39 is 5.91 Å². The van der Waals surface area contributed by atoms with Crippen molar-refractivity contribution in [3.8, 4) is 0 Å². The van der Waals surface area contributed by atoms with Crippen molar-refractivity contribution in [2.45, 2.75) is 25.3 Å². The molecule has 0 bridgehead atoms. The normalized spacial score (nSPS) is 20.6. The zero-order chi connectivity index (χ0) is 12.1. The molecule has 0 spiro atoms. The van der Waals surface area contributed by atoms with Crippen LogP contribution in [0.15, 0.2) is 18.3 Å². The van der Waals surface area contributed by atoms with Crippen molar-refractivity contribution in [1.29, 1.82) is 0 Å². The van der Waals surface area contributed by atoms with Gasteiger partial charge in [0, 0.05) is 24.3 Å². The van der Waals surface area contributed by atoms with E-state index in [9.17, 15) is 4.79 Å². The van der Waals surface area contributed by atoms with Crippen LogP contribution in [0.25, 0.3) is 0 Å². The van der Waals surface area contributed by atoms with Crippen LogP contribution in [0.1, 0.15) is 29.6 Å². The maximum Gasteiger partial charge on any atom is 0.248 e. The number of carbonyl (C=O) groups is 1. The van der Waals surface area contributed by atoms with E-state index in [2.05, 4.69) is 15.6 Å². The van der Waals surface area contributed by atoms with Crippen molar-refractivity contribution < 1.29 is 4.79 Å². The molecule has 2 heterocycles. The molecule has 1 unspecified atom stereocenters. The molecule has 5 heteroatoms. The fraction of sp³-hybridized carbons (Fsp3) is 0.500. The van der Waals surface area contributed by atoms with Crippen LogP contribution < -0.4 is 16.4 Å². The molecule has 1 amide bonds. The molecule has 1 atom stereocenters. The smallest absolute Gasteiger partial charge is 0.248 e. The average Bonchev–Trinajstić information content (AvgIpc) is 2.58. The van der Waals surface area contributed by atoms with E-state index in [0.29, 0.717) is 11.6 Å². The van der Waals surface area contributed by atoms with Gasteiger partial charge in [0.25, 0.3) is 0 Å². The van der Waals surface area contributed by atoms with Crippen molar-refractivity contribution in [1.82, 2.24) is 10.3 Å². The molecule has 0 radical (unpaired) electrons. The molecule has 0 aromatic carbocycles. The van der Waals surface area contributed by atoms with Crippen LogP contribution in [0.5, 0.6) is 0 Å². The highest BCUT2D eigenvalue weighted by Gasteiger charge is 2.12. The van der Waals surface area contributed by atoms with E-state index in [-0.39, 0.29) is 0 Å². The van der Waals surface area contributed by atoms with Crippen LogP contribution in [0.4, 0.5) is 5.82 Å². The standard InChI is InChI=1S/C12H18N4O/c13-12(17)9-4-6-15-11(7-9)16-10-3-1-2-5-14-8-10/h4,6-7,10,14H,1-3,5,8H2,(H2,13,17)(H,15,16). The lowest BCUT2D eigenvalue weighted by molar-refractivity contribution is 0.1000. The van der Waals surface area contributed by atoms with Crippen LogP contribution in [0.2, 0.25) is 0 Å². The van der Waals surface area contributed by atoms with Gasteiger partial charge in [0.05, 0.1) is 0 Å². The van der Waals surface area contributed by atoms with Gasteiger partial charge in [-0.3, -0.25) is 4.79 Å². The predicted octanol–water partition coefficient (Wildman–Crippen LogP) is 0.734. The van der Waals surface area contributed by atoms with Crippen LogP contribution in [0, 0.1) is 0 Å². The zero-order valence-electron chi connectivity index (χ0n) is 9.78. The number of amides is 1. The summed E-state index contributed by atoms with van der Waals surface area (Å²) in [6.45, 7) is 2.01. The minimum atomic E-state index is -0.422. The van der Waals surface area contributed by atoms with Crippen LogP contribution in [0.3, 0.4) is 0 Å². The second kappa shape index (κ2) is 5.63. The Morgan fingerprint density at radius 1 is 1.53 bits per heavy atom. The van der Waals surface area contributed by atoms with Gasteiger partial charge in [-0.05, 0) is 31.5 Å². The summed E-state index contributed by atoms with van der Waals surface area (Å²) in [5, 5.41) is 6.71. The van der Waals surface area contributed by atoms with E-state index in [1.807, 2.05) is 0 Å². The van der Waals surface area contributed by atoms with Gasteiger partial charge in [0.1, 0.15) is 5.82 Å². The Hall–Kier alpha value is -1.62. The highest BCUT2D eigenvalue weighted by Crippen LogP contribution is 2.12. The van der Waals surface area contributed by atoms with E-state index >= 15 is 0 Å². The fourth-order valence-electron chi connectivity index (χ4n) is 2.01. The molecule has 0 aliphatic carbocycles. The number of carbonyl (C=O) groups excluding carboxylic acids is 1. The Labute approximate surface area is 101 Å². The summed E-state index contributed by atoms with van der Waals surface area (Å²) in [5.74, 6) is 0.296. The number of hydrogen-bond acceptors (Lipinski definition) is 4. The summed E-state index contributed by atoms with van der Waals surface area (Å²) >= 11 is 0. The second-order valence-corrected chi connectivity index (χ2v) is 4.34. The first-order valence-corrected chi connectivity index (χ1v) is 5.99. The molecule has 1 saturated heterocycles. The summed E-state index contributed by atoms with van der Waals surface area (Å²) < 4.78 is 0. The molecule has 5 nitrogen and oxygen atoms in total. The van der Waals surface area contributed by atoms with E-state index in [4.69, 9.17) is 5.73 Å². The number of nitrogens with one attached hydrogen (secondary N) is 2. The Morgan fingerprint density at radius 2 is 2.41 bits per heavy atom. The summed E-state index contributed by atoms with van der Waals surface area (Å²) in [7, 11) is 0. The number of rotatable bonds is 3. The molecule has 92 valence electrons. The number of anilines is 1. The van der Waals surface area contributed by atoms with Gasteiger partial charge in [-0.25, -0.2) is 4.98 Å². The van der Waals surface area contributed by atoms with E-state index in [0.717, 1.165) is 25.3 Å². The number of hydrogen-bond donors (Lipinski definition) is 3. The van der Waals surface area contributed by atoms with Crippen molar-refractivity contribution in [3.63, 3.8) is 0 Å². The minimum Gasteiger partial charge on any atom is -0.366 e. The number of primary amides is 1. The van der Waals surface area contributed by atoms with E-state index in [1.165, 1.54) is 12.8 Å². The van der Waals surface area contributed by atoms with Gasteiger partial charge in [-0.1, -0.05) is 6.42 Å². The van der Waals surface area contributed by atoms with Gasteiger partial charge >= 0.3 is 0 Å². The monoisotopic (exact) mass is 234 g/mol. The number of nitrogens with zero attached hydrogens (tertiary/aromatic N) is 1. The van der Waals surface area contributed by atoms with Crippen molar-refractivity contribution >= 4 is 11.7 Å². The molecule has 17 heavy (non-hydrogen) atoms. The Kier molecular flexibility index (Phi) is 3.93. The first kappa shape index (κ1) is 11.9. The van der Waals surface area contributed by atoms with Gasteiger partial charge in [0.2, 0.25) is 5.91 Å². The highest BCUT2D eigenvalue weighted by molar-refractivity contribution is 5.93. The SMILES string of the molecule is NC(=O)c1ccnc(NC2CCCCNC2)c1. The quantitative estimate of drug-likeness (QED) is 0.720. The third kappa shape index (κ3) is 3.42. The molecular formula is C12H18N4O. The van der Waals surface area contributed by atoms with Crippen LogP contribution >= 0.6 is 0 Å². The predicted molar refractivity (Wildman–Crippen MR) is 66.9 cm³/mol. The fourth-order valence-corrected chi connectivity index (χ4v) is 2.01. The van der Waals surface area contributed by atoms with E-state index in [1.54, 1.807) is 18.3 Å². The lowest BCUT2D eigenvalue weighted by Crippen LogP contribution is -2.31. The number of pyridine rings is 1. The maximum absolute atomic E-state index is 11.1. The summed E-state index contributed by atoms with van der Waals surface area (Å²) in [4.78, 5) is 15.3. The average molecular weight is 234 g/mol. The van der Waals surface area contributed by atoms with Gasteiger partial charge in [-0.15, -0.1) is 0 Å². The van der Waals surface area contributed by atoms with Gasteiger partial charge < -0.3 is 16.4 Å². The Morgan fingerprint density at radius 3 is 3.24 bits per heavy atom. The lowest BCUT2D eigenvalue weighted by Gasteiger charge is -2.17.